The van der Waals surface area contributed by atoms with Crippen molar-refractivity contribution in [2.24, 2.45) is 0 Å². The molecule has 1 aliphatic rings. The van der Waals surface area contributed by atoms with Gasteiger partial charge in [0.2, 0.25) is 0 Å². The first-order valence-corrected chi connectivity index (χ1v) is 7.98. The molecule has 0 amide bonds. The average Bonchev–Trinajstić information content (AvgIpc) is 2.40. The first kappa shape index (κ1) is 16.3. The van der Waals surface area contributed by atoms with E-state index < -0.39 is 5.60 Å². The van der Waals surface area contributed by atoms with Gasteiger partial charge in [-0.2, -0.15) is 0 Å². The second kappa shape index (κ2) is 6.37. The summed E-state index contributed by atoms with van der Waals surface area (Å²) in [5, 5.41) is 10.8. The highest BCUT2D eigenvalue weighted by Gasteiger charge is 2.20. The Morgan fingerprint density at radius 3 is 2.19 bits per heavy atom. The topological polar surface area (TPSA) is 20.2 Å². The van der Waals surface area contributed by atoms with Gasteiger partial charge in [0.15, 0.2) is 0 Å². The largest absolute Gasteiger partial charge is 0.390 e. The summed E-state index contributed by atoms with van der Waals surface area (Å²) in [7, 11) is 0. The predicted molar refractivity (Wildman–Crippen MR) is 91.5 cm³/mol. The number of aliphatic hydroxyl groups is 1. The summed E-state index contributed by atoms with van der Waals surface area (Å²) in [5.74, 6) is 0. The van der Waals surface area contributed by atoms with Crippen molar-refractivity contribution in [2.45, 2.75) is 59.0 Å². The van der Waals surface area contributed by atoms with Crippen molar-refractivity contribution in [3.63, 3.8) is 0 Å². The molecule has 0 unspecified atom stereocenters. The summed E-state index contributed by atoms with van der Waals surface area (Å²) < 4.78 is 0. The molecule has 0 aromatic heterocycles. The number of hydrogen-bond acceptors (Lipinski definition) is 1. The third-order valence-electron chi connectivity index (χ3n) is 4.31. The molecule has 0 saturated carbocycles. The standard InChI is InChI=1S/C19H25ClO/c1-13-11-16(9-10-19(3,4)21)18(12-14(13)2)15-5-7-17(20)8-6-15/h5-8,21H,9-12H2,1-4H3. The van der Waals surface area contributed by atoms with Crippen molar-refractivity contribution in [2.75, 3.05) is 0 Å². The molecule has 0 saturated heterocycles. The summed E-state index contributed by atoms with van der Waals surface area (Å²) in [6.45, 7) is 8.20. The highest BCUT2D eigenvalue weighted by molar-refractivity contribution is 6.30. The van der Waals surface area contributed by atoms with Gasteiger partial charge in [0.1, 0.15) is 0 Å². The minimum Gasteiger partial charge on any atom is -0.390 e. The van der Waals surface area contributed by atoms with Crippen LogP contribution >= 0.6 is 11.6 Å². The van der Waals surface area contributed by atoms with Crippen LogP contribution in [0.1, 0.15) is 58.9 Å². The number of halogens is 1. The molecule has 2 rings (SSSR count). The third-order valence-corrected chi connectivity index (χ3v) is 4.56. The molecule has 21 heavy (non-hydrogen) atoms. The van der Waals surface area contributed by atoms with E-state index in [1.807, 2.05) is 26.0 Å². The molecule has 1 N–H and O–H groups in total. The molecule has 1 nitrogen and oxygen atoms in total. The van der Waals surface area contributed by atoms with Gasteiger partial charge >= 0.3 is 0 Å². The van der Waals surface area contributed by atoms with Crippen molar-refractivity contribution in [1.29, 1.82) is 0 Å². The molecular weight excluding hydrogens is 280 g/mol. The first-order valence-electron chi connectivity index (χ1n) is 7.61. The van der Waals surface area contributed by atoms with Crippen LogP contribution in [0.2, 0.25) is 5.02 Å². The fraction of sp³-hybridized carbons (Fsp3) is 0.474. The van der Waals surface area contributed by atoms with Gasteiger partial charge in [-0.05, 0) is 76.6 Å². The second-order valence-electron chi connectivity index (χ2n) is 6.82. The Kier molecular flexibility index (Phi) is 4.95. The normalized spacial score (nSPS) is 16.7. The highest BCUT2D eigenvalue weighted by atomic mass is 35.5. The summed E-state index contributed by atoms with van der Waals surface area (Å²) in [6.07, 6.45) is 3.78. The number of hydrogen-bond donors (Lipinski definition) is 1. The Hall–Kier alpha value is -1.05. The lowest BCUT2D eigenvalue weighted by molar-refractivity contribution is 0.0712. The third kappa shape index (κ3) is 4.46. The van der Waals surface area contributed by atoms with Crippen LogP contribution < -0.4 is 0 Å². The SMILES string of the molecule is CC1=C(C)CC(c2ccc(Cl)cc2)=C(CCC(C)(C)O)C1. The van der Waals surface area contributed by atoms with Crippen LogP contribution in [0, 0.1) is 0 Å². The van der Waals surface area contributed by atoms with E-state index in [2.05, 4.69) is 26.0 Å². The molecule has 1 aliphatic carbocycles. The Balaban J connectivity index is 2.31. The summed E-state index contributed by atoms with van der Waals surface area (Å²) >= 11 is 6.00. The van der Waals surface area contributed by atoms with Crippen LogP contribution in [0.3, 0.4) is 0 Å². The molecular formula is C19H25ClO. The summed E-state index contributed by atoms with van der Waals surface area (Å²) in [4.78, 5) is 0. The Morgan fingerprint density at radius 1 is 1.05 bits per heavy atom. The van der Waals surface area contributed by atoms with Crippen LogP contribution in [0.25, 0.3) is 5.57 Å². The zero-order chi connectivity index (χ0) is 15.6. The van der Waals surface area contributed by atoms with Gasteiger partial charge in [-0.3, -0.25) is 0 Å². The maximum Gasteiger partial charge on any atom is 0.0594 e. The lowest BCUT2D eigenvalue weighted by Crippen LogP contribution is -2.18. The minimum atomic E-state index is -0.609. The summed E-state index contributed by atoms with van der Waals surface area (Å²) in [6, 6.07) is 8.13. The number of benzene rings is 1. The quantitative estimate of drug-likeness (QED) is 0.700. The minimum absolute atomic E-state index is 0.609. The van der Waals surface area contributed by atoms with E-state index in [-0.39, 0.29) is 0 Å². The molecule has 0 spiro atoms. The molecule has 0 heterocycles. The lowest BCUT2D eigenvalue weighted by Gasteiger charge is -2.26. The summed E-state index contributed by atoms with van der Waals surface area (Å²) in [5.41, 5.74) is 6.46. The molecule has 0 aliphatic heterocycles. The van der Waals surface area contributed by atoms with Crippen LogP contribution in [0.5, 0.6) is 0 Å². The van der Waals surface area contributed by atoms with Gasteiger partial charge in [0.05, 0.1) is 5.60 Å². The van der Waals surface area contributed by atoms with Crippen LogP contribution in [0.4, 0.5) is 0 Å². The Morgan fingerprint density at radius 2 is 1.62 bits per heavy atom. The van der Waals surface area contributed by atoms with Crippen molar-refractivity contribution in [3.8, 4) is 0 Å². The Labute approximate surface area is 133 Å². The average molecular weight is 305 g/mol. The zero-order valence-corrected chi connectivity index (χ0v) is 14.2. The molecule has 1 aromatic carbocycles. The molecule has 0 atom stereocenters. The van der Waals surface area contributed by atoms with E-state index in [4.69, 9.17) is 11.6 Å². The van der Waals surface area contributed by atoms with E-state index >= 15 is 0 Å². The predicted octanol–water partition coefficient (Wildman–Crippen LogP) is 5.77. The fourth-order valence-corrected chi connectivity index (χ4v) is 2.90. The van der Waals surface area contributed by atoms with E-state index in [1.165, 1.54) is 27.9 Å². The van der Waals surface area contributed by atoms with Gasteiger partial charge in [0, 0.05) is 5.02 Å². The fourth-order valence-electron chi connectivity index (χ4n) is 2.77. The van der Waals surface area contributed by atoms with Gasteiger partial charge < -0.3 is 5.11 Å². The monoisotopic (exact) mass is 304 g/mol. The van der Waals surface area contributed by atoms with E-state index in [1.54, 1.807) is 0 Å². The Bertz CT molecular complexity index is 571. The van der Waals surface area contributed by atoms with E-state index in [0.29, 0.717) is 0 Å². The molecule has 2 heteroatoms. The van der Waals surface area contributed by atoms with Crippen LogP contribution in [-0.4, -0.2) is 10.7 Å². The molecule has 0 radical (unpaired) electrons. The lowest BCUT2D eigenvalue weighted by atomic mass is 9.81. The van der Waals surface area contributed by atoms with Gasteiger partial charge in [-0.15, -0.1) is 0 Å². The maximum absolute atomic E-state index is 10.0. The second-order valence-corrected chi connectivity index (χ2v) is 7.25. The molecule has 0 bridgehead atoms. The van der Waals surface area contributed by atoms with E-state index in [9.17, 15) is 5.11 Å². The van der Waals surface area contributed by atoms with Gasteiger partial charge in [0.25, 0.3) is 0 Å². The van der Waals surface area contributed by atoms with Crippen molar-refractivity contribution in [3.05, 3.63) is 51.6 Å². The van der Waals surface area contributed by atoms with E-state index in [0.717, 1.165) is 30.7 Å². The van der Waals surface area contributed by atoms with Crippen molar-refractivity contribution >= 4 is 17.2 Å². The number of allylic oxidation sites excluding steroid dienone is 4. The highest BCUT2D eigenvalue weighted by Crippen LogP contribution is 2.38. The van der Waals surface area contributed by atoms with Crippen LogP contribution in [0.15, 0.2) is 41.0 Å². The van der Waals surface area contributed by atoms with Crippen molar-refractivity contribution < 1.29 is 5.11 Å². The van der Waals surface area contributed by atoms with Gasteiger partial charge in [-0.1, -0.05) is 40.5 Å². The van der Waals surface area contributed by atoms with Crippen molar-refractivity contribution in [1.82, 2.24) is 0 Å². The zero-order valence-electron chi connectivity index (χ0n) is 13.5. The van der Waals surface area contributed by atoms with Crippen LogP contribution in [-0.2, 0) is 0 Å². The smallest absolute Gasteiger partial charge is 0.0594 e. The molecule has 0 fully saturated rings. The maximum atomic E-state index is 10.0. The number of rotatable bonds is 4. The first-order chi connectivity index (χ1) is 9.76. The molecule has 114 valence electrons. The molecule has 1 aromatic rings. The van der Waals surface area contributed by atoms with Gasteiger partial charge in [-0.25, -0.2) is 0 Å².